The summed E-state index contributed by atoms with van der Waals surface area (Å²) < 4.78 is 0. The Morgan fingerprint density at radius 2 is 1.92 bits per heavy atom. The molecule has 24 heavy (non-hydrogen) atoms. The van der Waals surface area contributed by atoms with Crippen molar-refractivity contribution in [3.05, 3.63) is 33.9 Å². The molecule has 2 aliphatic rings. The van der Waals surface area contributed by atoms with Crippen molar-refractivity contribution in [2.45, 2.75) is 39.0 Å². The maximum Gasteiger partial charge on any atom is 0.293 e. The molecule has 2 fully saturated rings. The second kappa shape index (κ2) is 7.20. The van der Waals surface area contributed by atoms with E-state index in [1.165, 1.54) is 6.07 Å². The molecule has 6 nitrogen and oxygen atoms in total. The quantitative estimate of drug-likeness (QED) is 0.628. The van der Waals surface area contributed by atoms with Gasteiger partial charge in [0, 0.05) is 37.8 Å². The lowest BCUT2D eigenvalue weighted by molar-refractivity contribution is -0.384. The Bertz CT molecular complexity index is 626. The van der Waals surface area contributed by atoms with Crippen LogP contribution in [0.5, 0.6) is 0 Å². The first-order valence-electron chi connectivity index (χ1n) is 8.89. The molecule has 1 aromatic rings. The van der Waals surface area contributed by atoms with Crippen LogP contribution in [-0.4, -0.2) is 41.9 Å². The Morgan fingerprint density at radius 1 is 1.17 bits per heavy atom. The molecule has 130 valence electrons. The summed E-state index contributed by atoms with van der Waals surface area (Å²) in [6, 6.07) is 4.97. The standard InChI is InChI=1S/C18H25N3O3/c1-14-6-5-11-20(13-14)16-8-7-15(12-17(16)21(23)24)18(22)19-9-3-2-4-10-19/h7-8,12,14H,2-6,9-11,13H2,1H3. The van der Waals surface area contributed by atoms with Gasteiger partial charge < -0.3 is 9.80 Å². The van der Waals surface area contributed by atoms with Crippen LogP contribution >= 0.6 is 0 Å². The molecule has 2 saturated heterocycles. The Kier molecular flexibility index (Phi) is 5.02. The van der Waals surface area contributed by atoms with Crippen molar-refractivity contribution in [2.24, 2.45) is 5.92 Å². The van der Waals surface area contributed by atoms with E-state index in [0.717, 1.165) is 58.3 Å². The molecule has 0 aromatic heterocycles. The fourth-order valence-electron chi connectivity index (χ4n) is 3.76. The van der Waals surface area contributed by atoms with Gasteiger partial charge in [0.15, 0.2) is 0 Å². The number of benzene rings is 1. The normalized spacial score (nSPS) is 21.6. The lowest BCUT2D eigenvalue weighted by Gasteiger charge is -2.32. The van der Waals surface area contributed by atoms with Crippen LogP contribution in [0.3, 0.4) is 0 Å². The third-order valence-corrected chi connectivity index (χ3v) is 5.06. The third-order valence-electron chi connectivity index (χ3n) is 5.06. The highest BCUT2D eigenvalue weighted by Gasteiger charge is 2.26. The van der Waals surface area contributed by atoms with Crippen LogP contribution in [0.2, 0.25) is 0 Å². The zero-order valence-corrected chi connectivity index (χ0v) is 14.2. The minimum absolute atomic E-state index is 0.0481. The first-order chi connectivity index (χ1) is 11.6. The van der Waals surface area contributed by atoms with Crippen molar-refractivity contribution in [1.82, 2.24) is 4.90 Å². The van der Waals surface area contributed by atoms with Crippen LogP contribution in [-0.2, 0) is 0 Å². The number of carbonyl (C=O) groups excluding carboxylic acids is 1. The fraction of sp³-hybridized carbons (Fsp3) is 0.611. The molecule has 2 aliphatic heterocycles. The minimum atomic E-state index is -0.360. The average molecular weight is 331 g/mol. The highest BCUT2D eigenvalue weighted by molar-refractivity contribution is 5.95. The Hall–Kier alpha value is -2.11. The second-order valence-electron chi connectivity index (χ2n) is 7.01. The first-order valence-corrected chi connectivity index (χ1v) is 8.89. The molecule has 1 atom stereocenters. The zero-order valence-electron chi connectivity index (χ0n) is 14.2. The van der Waals surface area contributed by atoms with E-state index in [1.54, 1.807) is 12.1 Å². The van der Waals surface area contributed by atoms with Crippen LogP contribution in [0.15, 0.2) is 18.2 Å². The Labute approximate surface area is 142 Å². The van der Waals surface area contributed by atoms with Crippen molar-refractivity contribution in [2.75, 3.05) is 31.1 Å². The Balaban J connectivity index is 1.86. The van der Waals surface area contributed by atoms with Gasteiger partial charge in [0.2, 0.25) is 0 Å². The number of rotatable bonds is 3. The summed E-state index contributed by atoms with van der Waals surface area (Å²) in [5.74, 6) is 0.448. The third kappa shape index (κ3) is 3.52. The summed E-state index contributed by atoms with van der Waals surface area (Å²) in [4.78, 5) is 27.7. The molecule has 6 heteroatoms. The van der Waals surface area contributed by atoms with Crippen molar-refractivity contribution in [1.29, 1.82) is 0 Å². The fourth-order valence-corrected chi connectivity index (χ4v) is 3.76. The molecule has 2 heterocycles. The predicted octanol–water partition coefficient (Wildman–Crippen LogP) is 3.46. The van der Waals surface area contributed by atoms with Crippen LogP contribution in [0.1, 0.15) is 49.4 Å². The lowest BCUT2D eigenvalue weighted by atomic mass is 9.99. The molecular formula is C18H25N3O3. The smallest absolute Gasteiger partial charge is 0.293 e. The first kappa shape index (κ1) is 16.7. The Morgan fingerprint density at radius 3 is 2.58 bits per heavy atom. The van der Waals surface area contributed by atoms with E-state index in [-0.39, 0.29) is 16.5 Å². The van der Waals surface area contributed by atoms with Gasteiger partial charge in [-0.05, 0) is 50.2 Å². The zero-order chi connectivity index (χ0) is 17.1. The van der Waals surface area contributed by atoms with Gasteiger partial charge in [-0.2, -0.15) is 0 Å². The molecule has 0 bridgehead atoms. The summed E-state index contributed by atoms with van der Waals surface area (Å²) >= 11 is 0. The number of hydrogen-bond donors (Lipinski definition) is 0. The summed E-state index contributed by atoms with van der Waals surface area (Å²) in [5.41, 5.74) is 1.12. The summed E-state index contributed by atoms with van der Waals surface area (Å²) in [6.07, 6.45) is 5.38. The van der Waals surface area contributed by atoms with Crippen LogP contribution in [0.25, 0.3) is 0 Å². The van der Waals surface area contributed by atoms with Gasteiger partial charge in [-0.25, -0.2) is 0 Å². The van der Waals surface area contributed by atoms with E-state index < -0.39 is 0 Å². The van der Waals surface area contributed by atoms with E-state index in [0.29, 0.717) is 17.2 Å². The number of amides is 1. The van der Waals surface area contributed by atoms with Crippen molar-refractivity contribution >= 4 is 17.3 Å². The van der Waals surface area contributed by atoms with Crippen molar-refractivity contribution in [3.63, 3.8) is 0 Å². The molecule has 0 N–H and O–H groups in total. The van der Waals surface area contributed by atoms with E-state index in [1.807, 2.05) is 4.90 Å². The highest BCUT2D eigenvalue weighted by atomic mass is 16.6. The molecule has 0 saturated carbocycles. The number of nitro benzene ring substituents is 1. The van der Waals surface area contributed by atoms with Crippen LogP contribution in [0, 0.1) is 16.0 Å². The van der Waals surface area contributed by atoms with Gasteiger partial charge in [-0.15, -0.1) is 0 Å². The summed E-state index contributed by atoms with van der Waals surface area (Å²) in [5, 5.41) is 11.6. The number of likely N-dealkylation sites (tertiary alicyclic amines) is 1. The predicted molar refractivity (Wildman–Crippen MR) is 93.5 cm³/mol. The molecule has 1 unspecified atom stereocenters. The van der Waals surface area contributed by atoms with Gasteiger partial charge in [0.1, 0.15) is 5.69 Å². The van der Waals surface area contributed by atoms with Gasteiger partial charge in [0.25, 0.3) is 11.6 Å². The molecule has 0 aliphatic carbocycles. The molecule has 0 radical (unpaired) electrons. The molecule has 0 spiro atoms. The monoisotopic (exact) mass is 331 g/mol. The van der Waals surface area contributed by atoms with Crippen molar-refractivity contribution < 1.29 is 9.72 Å². The average Bonchev–Trinajstić information content (AvgIpc) is 2.61. The van der Waals surface area contributed by atoms with Gasteiger partial charge in [0.05, 0.1) is 4.92 Å². The molecule has 3 rings (SSSR count). The largest absolute Gasteiger partial charge is 0.366 e. The number of nitro groups is 1. The maximum atomic E-state index is 12.6. The second-order valence-corrected chi connectivity index (χ2v) is 7.01. The maximum absolute atomic E-state index is 12.6. The van der Waals surface area contributed by atoms with E-state index in [9.17, 15) is 14.9 Å². The summed E-state index contributed by atoms with van der Waals surface area (Å²) in [6.45, 7) is 5.34. The summed E-state index contributed by atoms with van der Waals surface area (Å²) in [7, 11) is 0. The number of carbonyl (C=O) groups is 1. The lowest BCUT2D eigenvalue weighted by Crippen LogP contribution is -2.36. The number of piperidine rings is 2. The van der Waals surface area contributed by atoms with Gasteiger partial charge >= 0.3 is 0 Å². The van der Waals surface area contributed by atoms with E-state index in [4.69, 9.17) is 0 Å². The van der Waals surface area contributed by atoms with E-state index >= 15 is 0 Å². The molecule has 1 aromatic carbocycles. The highest BCUT2D eigenvalue weighted by Crippen LogP contribution is 2.33. The van der Waals surface area contributed by atoms with Crippen molar-refractivity contribution in [3.8, 4) is 0 Å². The van der Waals surface area contributed by atoms with Gasteiger partial charge in [-0.3, -0.25) is 14.9 Å². The van der Waals surface area contributed by atoms with Crippen LogP contribution < -0.4 is 4.90 Å². The van der Waals surface area contributed by atoms with Gasteiger partial charge in [-0.1, -0.05) is 6.92 Å². The number of anilines is 1. The number of nitrogens with zero attached hydrogens (tertiary/aromatic N) is 3. The topological polar surface area (TPSA) is 66.7 Å². The van der Waals surface area contributed by atoms with E-state index in [2.05, 4.69) is 11.8 Å². The molecular weight excluding hydrogens is 306 g/mol. The van der Waals surface area contributed by atoms with Crippen LogP contribution in [0.4, 0.5) is 11.4 Å². The minimum Gasteiger partial charge on any atom is -0.366 e. The molecule has 1 amide bonds. The SMILES string of the molecule is CC1CCCN(c2ccc(C(=O)N3CCCCC3)cc2[N+](=O)[O-])C1. The number of hydrogen-bond acceptors (Lipinski definition) is 4.